The number of aromatic carboxylic acids is 1. The number of benzene rings is 1. The normalized spacial score (nSPS) is 15.8. The highest BCUT2D eigenvalue weighted by Crippen LogP contribution is 2.17. The summed E-state index contributed by atoms with van der Waals surface area (Å²) in [6, 6.07) is 8.49. The van der Waals surface area contributed by atoms with Crippen molar-refractivity contribution in [2.45, 2.75) is 13.0 Å². The van der Waals surface area contributed by atoms with Crippen LogP contribution in [0.4, 0.5) is 0 Å². The van der Waals surface area contributed by atoms with Gasteiger partial charge in [-0.2, -0.15) is 0 Å². The Kier molecular flexibility index (Phi) is 4.82. The summed E-state index contributed by atoms with van der Waals surface area (Å²) in [6.07, 6.45) is 0.688. The van der Waals surface area contributed by atoms with Crippen LogP contribution in [-0.4, -0.2) is 47.1 Å². The Morgan fingerprint density at radius 2 is 2.09 bits per heavy atom. The molecule has 2 N–H and O–H groups in total. The number of hydrogen-bond donors (Lipinski definition) is 2. The van der Waals surface area contributed by atoms with E-state index in [9.17, 15) is 4.79 Å². The molecule has 1 aromatic heterocycles. The standard InChI is InChI=1S/C16H19N3O2S/c20-16(21)14-11-22-15(18-14)9-12-2-1-3-13(8-12)10-19-6-4-17-5-7-19/h1-3,8,11,17H,4-7,9-10H2,(H,20,21). The van der Waals surface area contributed by atoms with E-state index < -0.39 is 5.97 Å². The topological polar surface area (TPSA) is 65.5 Å². The van der Waals surface area contributed by atoms with Crippen LogP contribution in [0.2, 0.25) is 0 Å². The maximum Gasteiger partial charge on any atom is 0.355 e. The average Bonchev–Trinajstić information content (AvgIpc) is 2.97. The molecule has 1 aromatic carbocycles. The number of nitrogens with one attached hydrogen (secondary N) is 1. The van der Waals surface area contributed by atoms with Gasteiger partial charge in [-0.25, -0.2) is 9.78 Å². The number of thiazole rings is 1. The van der Waals surface area contributed by atoms with Gasteiger partial charge in [-0.1, -0.05) is 24.3 Å². The number of aromatic nitrogens is 1. The predicted molar refractivity (Wildman–Crippen MR) is 86.5 cm³/mol. The molecule has 3 rings (SSSR count). The van der Waals surface area contributed by atoms with E-state index in [-0.39, 0.29) is 5.69 Å². The summed E-state index contributed by atoms with van der Waals surface area (Å²) in [5, 5.41) is 14.7. The van der Waals surface area contributed by atoms with Crippen LogP contribution in [0.5, 0.6) is 0 Å². The van der Waals surface area contributed by atoms with E-state index in [1.807, 2.05) is 0 Å². The van der Waals surface area contributed by atoms with Crippen molar-refractivity contribution in [3.63, 3.8) is 0 Å². The number of nitrogens with zero attached hydrogens (tertiary/aromatic N) is 2. The molecule has 1 saturated heterocycles. The molecule has 0 unspecified atom stereocenters. The predicted octanol–water partition coefficient (Wildman–Crippen LogP) is 1.84. The van der Waals surface area contributed by atoms with Gasteiger partial charge in [0.25, 0.3) is 0 Å². The van der Waals surface area contributed by atoms with Crippen molar-refractivity contribution in [2.75, 3.05) is 26.2 Å². The maximum absolute atomic E-state index is 10.9. The molecular weight excluding hydrogens is 298 g/mol. The molecule has 0 spiro atoms. The lowest BCUT2D eigenvalue weighted by Crippen LogP contribution is -2.42. The molecule has 6 heteroatoms. The van der Waals surface area contributed by atoms with Crippen LogP contribution < -0.4 is 5.32 Å². The van der Waals surface area contributed by atoms with Gasteiger partial charge in [-0.3, -0.25) is 4.90 Å². The minimum Gasteiger partial charge on any atom is -0.476 e. The molecule has 0 saturated carbocycles. The van der Waals surface area contributed by atoms with Crippen LogP contribution in [0.25, 0.3) is 0 Å². The van der Waals surface area contributed by atoms with Crippen molar-refractivity contribution in [2.24, 2.45) is 0 Å². The van der Waals surface area contributed by atoms with Crippen LogP contribution >= 0.6 is 11.3 Å². The molecule has 116 valence electrons. The fraction of sp³-hybridized carbons (Fsp3) is 0.375. The Labute approximate surface area is 133 Å². The van der Waals surface area contributed by atoms with Crippen molar-refractivity contribution >= 4 is 17.3 Å². The van der Waals surface area contributed by atoms with E-state index in [4.69, 9.17) is 5.11 Å². The lowest BCUT2D eigenvalue weighted by molar-refractivity contribution is 0.0691. The summed E-state index contributed by atoms with van der Waals surface area (Å²) in [5.41, 5.74) is 2.62. The van der Waals surface area contributed by atoms with Gasteiger partial charge in [0.2, 0.25) is 0 Å². The van der Waals surface area contributed by atoms with Crippen LogP contribution in [-0.2, 0) is 13.0 Å². The number of hydrogen-bond acceptors (Lipinski definition) is 5. The molecule has 2 heterocycles. The molecule has 1 aliphatic rings. The molecule has 5 nitrogen and oxygen atoms in total. The van der Waals surface area contributed by atoms with E-state index in [0.29, 0.717) is 6.42 Å². The van der Waals surface area contributed by atoms with E-state index in [1.54, 1.807) is 5.38 Å². The van der Waals surface area contributed by atoms with Gasteiger partial charge in [0.15, 0.2) is 5.69 Å². The lowest BCUT2D eigenvalue weighted by atomic mass is 10.1. The fourth-order valence-corrected chi connectivity index (χ4v) is 3.43. The molecule has 1 fully saturated rings. The number of piperazine rings is 1. The third kappa shape index (κ3) is 3.91. The quantitative estimate of drug-likeness (QED) is 0.881. The van der Waals surface area contributed by atoms with Crippen molar-refractivity contribution < 1.29 is 9.90 Å². The molecule has 0 radical (unpaired) electrons. The van der Waals surface area contributed by atoms with Gasteiger partial charge < -0.3 is 10.4 Å². The zero-order valence-corrected chi connectivity index (χ0v) is 13.1. The van der Waals surface area contributed by atoms with Crippen LogP contribution in [0.3, 0.4) is 0 Å². The highest BCUT2D eigenvalue weighted by Gasteiger charge is 2.11. The van der Waals surface area contributed by atoms with Gasteiger partial charge in [0.05, 0.1) is 5.01 Å². The third-order valence-electron chi connectivity index (χ3n) is 3.73. The highest BCUT2D eigenvalue weighted by molar-refractivity contribution is 7.09. The summed E-state index contributed by atoms with van der Waals surface area (Å²) in [6.45, 7) is 5.23. The zero-order chi connectivity index (χ0) is 15.4. The summed E-state index contributed by atoms with van der Waals surface area (Å²) in [5.74, 6) is -0.963. The zero-order valence-electron chi connectivity index (χ0n) is 12.3. The van der Waals surface area contributed by atoms with Gasteiger partial charge >= 0.3 is 5.97 Å². The van der Waals surface area contributed by atoms with E-state index in [2.05, 4.69) is 39.5 Å². The average molecular weight is 317 g/mol. The van der Waals surface area contributed by atoms with Crippen molar-refractivity contribution in [1.82, 2.24) is 15.2 Å². The summed E-state index contributed by atoms with van der Waals surface area (Å²) >= 11 is 1.40. The summed E-state index contributed by atoms with van der Waals surface area (Å²) in [4.78, 5) is 17.5. The molecule has 0 aliphatic carbocycles. The first kappa shape index (κ1) is 15.1. The second-order valence-corrected chi connectivity index (χ2v) is 6.40. The van der Waals surface area contributed by atoms with Crippen LogP contribution in [0.15, 0.2) is 29.6 Å². The maximum atomic E-state index is 10.9. The molecule has 0 bridgehead atoms. The monoisotopic (exact) mass is 317 g/mol. The largest absolute Gasteiger partial charge is 0.476 e. The first-order valence-electron chi connectivity index (χ1n) is 7.39. The Morgan fingerprint density at radius 1 is 1.32 bits per heavy atom. The fourth-order valence-electron chi connectivity index (χ4n) is 2.63. The highest BCUT2D eigenvalue weighted by atomic mass is 32.1. The van der Waals surface area contributed by atoms with E-state index >= 15 is 0 Å². The summed E-state index contributed by atoms with van der Waals surface area (Å²) < 4.78 is 0. The number of rotatable bonds is 5. The Balaban J connectivity index is 1.66. The Bertz CT molecular complexity index is 650. The molecule has 1 aliphatic heterocycles. The SMILES string of the molecule is O=C(O)c1csc(Cc2cccc(CN3CCNCC3)c2)n1. The van der Waals surface area contributed by atoms with Crippen molar-refractivity contribution in [3.8, 4) is 0 Å². The number of carboxylic acid groups (broad SMARTS) is 1. The molecule has 0 amide bonds. The smallest absolute Gasteiger partial charge is 0.355 e. The number of carbonyl (C=O) groups is 1. The lowest BCUT2D eigenvalue weighted by Gasteiger charge is -2.27. The van der Waals surface area contributed by atoms with Crippen molar-refractivity contribution in [3.05, 3.63) is 51.5 Å². The van der Waals surface area contributed by atoms with Crippen LogP contribution in [0, 0.1) is 0 Å². The Hall–Kier alpha value is -1.76. The van der Waals surface area contributed by atoms with E-state index in [1.165, 1.54) is 22.5 Å². The molecule has 22 heavy (non-hydrogen) atoms. The molecule has 0 atom stereocenters. The second-order valence-electron chi connectivity index (χ2n) is 5.45. The van der Waals surface area contributed by atoms with Gasteiger partial charge in [0.1, 0.15) is 0 Å². The molecule has 2 aromatic rings. The van der Waals surface area contributed by atoms with Crippen molar-refractivity contribution in [1.29, 1.82) is 0 Å². The second kappa shape index (κ2) is 7.00. The Morgan fingerprint density at radius 3 is 2.82 bits per heavy atom. The minimum atomic E-state index is -0.963. The van der Waals surface area contributed by atoms with Gasteiger partial charge in [0, 0.05) is 44.5 Å². The third-order valence-corrected chi connectivity index (χ3v) is 4.58. The summed E-state index contributed by atoms with van der Waals surface area (Å²) in [7, 11) is 0. The van der Waals surface area contributed by atoms with Crippen LogP contribution in [0.1, 0.15) is 26.6 Å². The minimum absolute atomic E-state index is 0.136. The first-order valence-corrected chi connectivity index (χ1v) is 8.27. The van der Waals surface area contributed by atoms with Gasteiger partial charge in [-0.15, -0.1) is 11.3 Å². The van der Waals surface area contributed by atoms with Gasteiger partial charge in [-0.05, 0) is 11.1 Å². The first-order chi connectivity index (χ1) is 10.7. The van der Waals surface area contributed by atoms with E-state index in [0.717, 1.165) is 37.7 Å². The molecular formula is C16H19N3O2S. The number of carboxylic acids is 1.